The van der Waals surface area contributed by atoms with Gasteiger partial charge in [0.25, 0.3) is 44.5 Å². The summed E-state index contributed by atoms with van der Waals surface area (Å²) in [6, 6.07) is 4.82. The highest BCUT2D eigenvalue weighted by molar-refractivity contribution is 5.98. The summed E-state index contributed by atoms with van der Waals surface area (Å²) in [5.41, 5.74) is -5.54. The Hall–Kier alpha value is -6.76. The van der Waals surface area contributed by atoms with Crippen LogP contribution >= 0.6 is 0 Å². The van der Waals surface area contributed by atoms with Crippen LogP contribution in [0.15, 0.2) is 62.6 Å². The third kappa shape index (κ3) is 3.59. The molecule has 10 rings (SSSR count). The van der Waals surface area contributed by atoms with Crippen molar-refractivity contribution in [2.45, 2.75) is 26.2 Å². The van der Waals surface area contributed by atoms with E-state index in [-0.39, 0.29) is 69.3 Å². The largest absolute Gasteiger partial charge is 0.269 e. The molecule has 0 N–H and O–H groups in total. The Labute approximate surface area is 242 Å². The molecule has 12 nitrogen and oxygen atoms in total. The minimum Gasteiger partial charge on any atom is -0.269 e. The molecule has 4 aliphatic heterocycles. The molecule has 0 radical (unpaired) electrons. The van der Waals surface area contributed by atoms with Gasteiger partial charge in [0.05, 0.1) is 69.3 Å². The zero-order valence-corrected chi connectivity index (χ0v) is 22.2. The molecule has 0 atom stereocenters. The monoisotopic (exact) mass is 580 g/mol. The third-order valence-electron chi connectivity index (χ3n) is 7.55. The van der Waals surface area contributed by atoms with Gasteiger partial charge in [-0.2, -0.15) is 0 Å². The number of nitrogens with zero attached hydrogens (tertiary/aromatic N) is 4. The van der Waals surface area contributed by atoms with Crippen LogP contribution in [-0.4, -0.2) is 18.3 Å². The van der Waals surface area contributed by atoms with Gasteiger partial charge >= 0.3 is 0 Å². The molecule has 0 unspecified atom stereocenters. The van der Waals surface area contributed by atoms with Crippen LogP contribution in [0, 0.1) is 47.4 Å². The maximum absolute atomic E-state index is 12.9. The second kappa shape index (κ2) is 9.39. The summed E-state index contributed by atoms with van der Waals surface area (Å²) in [5.74, 6) is 20.1. The summed E-state index contributed by atoms with van der Waals surface area (Å²) in [6.07, 6.45) is 0. The van der Waals surface area contributed by atoms with Gasteiger partial charge in [-0.05, 0) is 47.9 Å². The molecule has 6 aromatic rings. The first-order valence-electron chi connectivity index (χ1n) is 12.9. The zero-order chi connectivity index (χ0) is 30.9. The van der Waals surface area contributed by atoms with Gasteiger partial charge in [0.1, 0.15) is 0 Å². The smallest absolute Gasteiger partial charge is 0.262 e. The first-order valence-corrected chi connectivity index (χ1v) is 12.9. The Morgan fingerprint density at radius 2 is 0.477 bits per heavy atom. The number of rotatable bonds is 0. The molecule has 2 aromatic carbocycles. The van der Waals surface area contributed by atoms with Crippen molar-refractivity contribution in [3.8, 4) is 47.4 Å². The Morgan fingerprint density at radius 3 is 0.636 bits per heavy atom. The van der Waals surface area contributed by atoms with E-state index in [4.69, 9.17) is 0 Å². The van der Waals surface area contributed by atoms with Crippen LogP contribution in [0.5, 0.6) is 0 Å². The highest BCUT2D eigenvalue weighted by Crippen LogP contribution is 2.15. The lowest BCUT2D eigenvalue weighted by Gasteiger charge is -1.90. The van der Waals surface area contributed by atoms with Crippen molar-refractivity contribution in [1.82, 2.24) is 18.3 Å². The van der Waals surface area contributed by atoms with Crippen molar-refractivity contribution < 1.29 is 0 Å². The summed E-state index contributed by atoms with van der Waals surface area (Å²) < 4.78 is 3.40. The SMILES string of the molecule is O=c1c2cc3c(=O)n4c(=O)c3cc2c(=O)n1CC#CC#CCn1c(=O)c2cc3c(=O)n(c(=O)c3cc2c1=O)CC#CC#CC4. The number of aromatic nitrogens is 4. The van der Waals surface area contributed by atoms with E-state index >= 15 is 0 Å². The second-order valence-electron chi connectivity index (χ2n) is 9.88. The maximum atomic E-state index is 12.9. The normalized spacial score (nSPS) is 12.9. The van der Waals surface area contributed by atoms with Crippen LogP contribution in [0.4, 0.5) is 0 Å². The number of hydrogen-bond donors (Lipinski definition) is 0. The first kappa shape index (κ1) is 26.2. The molecular weight excluding hydrogens is 568 g/mol. The zero-order valence-electron chi connectivity index (χ0n) is 22.2. The summed E-state index contributed by atoms with van der Waals surface area (Å²) in [7, 11) is 0. The summed E-state index contributed by atoms with van der Waals surface area (Å²) in [5, 5.41) is -0.370. The topological polar surface area (TPSA) is 156 Å². The molecule has 0 aliphatic carbocycles. The third-order valence-corrected chi connectivity index (χ3v) is 7.55. The molecule has 0 saturated carbocycles. The van der Waals surface area contributed by atoms with E-state index in [0.717, 1.165) is 18.3 Å². The highest BCUT2D eigenvalue weighted by atomic mass is 16.2. The van der Waals surface area contributed by atoms with Crippen LogP contribution in [-0.2, 0) is 26.2 Å². The Kier molecular flexibility index (Phi) is 5.58. The predicted molar refractivity (Wildman–Crippen MR) is 161 cm³/mol. The molecule has 44 heavy (non-hydrogen) atoms. The minimum atomic E-state index is -0.692. The number of benzene rings is 2. The van der Waals surface area contributed by atoms with Crippen molar-refractivity contribution in [2.24, 2.45) is 0 Å². The molecule has 4 aliphatic rings. The maximum Gasteiger partial charge on any atom is 0.262 e. The molecule has 0 saturated heterocycles. The van der Waals surface area contributed by atoms with Gasteiger partial charge in [0, 0.05) is 0 Å². The molecule has 8 heterocycles. The van der Waals surface area contributed by atoms with Crippen LogP contribution in [0.25, 0.3) is 43.1 Å². The molecule has 12 bridgehead atoms. The van der Waals surface area contributed by atoms with Crippen LogP contribution in [0.3, 0.4) is 0 Å². The fourth-order valence-corrected chi connectivity index (χ4v) is 5.37. The molecule has 0 amide bonds. The van der Waals surface area contributed by atoms with E-state index in [1.807, 2.05) is 0 Å². The van der Waals surface area contributed by atoms with Crippen molar-refractivity contribution >= 4 is 43.1 Å². The lowest BCUT2D eigenvalue weighted by molar-refractivity contribution is 0.788. The van der Waals surface area contributed by atoms with Crippen molar-refractivity contribution in [3.05, 3.63) is 107 Å². The van der Waals surface area contributed by atoms with Gasteiger partial charge in [-0.1, -0.05) is 23.7 Å². The second-order valence-corrected chi connectivity index (χ2v) is 9.88. The Morgan fingerprint density at radius 1 is 0.318 bits per heavy atom. The lowest BCUT2D eigenvalue weighted by Crippen LogP contribution is -2.25. The summed E-state index contributed by atoms with van der Waals surface area (Å²) in [6.45, 7) is -1.36. The summed E-state index contributed by atoms with van der Waals surface area (Å²) in [4.78, 5) is 104. The first-order chi connectivity index (χ1) is 21.2. The van der Waals surface area contributed by atoms with Crippen molar-refractivity contribution in [1.29, 1.82) is 0 Å². The average Bonchev–Trinajstić information content (AvgIpc) is 3.58. The van der Waals surface area contributed by atoms with Gasteiger partial charge < -0.3 is 0 Å². The van der Waals surface area contributed by atoms with Gasteiger partial charge in [-0.25, -0.2) is 0 Å². The molecule has 12 heteroatoms. The van der Waals surface area contributed by atoms with Gasteiger partial charge in [0.2, 0.25) is 0 Å². The van der Waals surface area contributed by atoms with Crippen LogP contribution in [0.1, 0.15) is 0 Å². The minimum absolute atomic E-state index is 0.0462. The molecular formula is C32H12N4O8. The van der Waals surface area contributed by atoms with E-state index in [9.17, 15) is 38.4 Å². The average molecular weight is 580 g/mol. The predicted octanol–water partition coefficient (Wildman–Crippen LogP) is -2.13. The van der Waals surface area contributed by atoms with Gasteiger partial charge in [0.15, 0.2) is 0 Å². The Balaban J connectivity index is 1.41. The number of hydrogen-bond acceptors (Lipinski definition) is 8. The molecule has 0 spiro atoms. The van der Waals surface area contributed by atoms with E-state index in [1.54, 1.807) is 0 Å². The standard InChI is InChI=1S/C32H12N4O8/c37-25-17-13-21-22-14-18(17)26(38)33(25)9-5-1-2-6-10-34-27(39)19-15-23-24(16-20(19)28(34)40)32(44)36(31(23)43)12-8-4-3-7-11-35(29(21)41)30(22)42/h13-16H,9-12H2. The quantitative estimate of drug-likeness (QED) is 0.185. The van der Waals surface area contributed by atoms with Crippen molar-refractivity contribution in [2.75, 3.05) is 0 Å². The van der Waals surface area contributed by atoms with Gasteiger partial charge in [-0.3, -0.25) is 56.6 Å². The fraction of sp³-hybridized carbons (Fsp3) is 0.125. The lowest BCUT2D eigenvalue weighted by atomic mass is 10.1. The molecule has 4 aromatic heterocycles. The highest BCUT2D eigenvalue weighted by Gasteiger charge is 2.20. The Bertz CT molecular complexity index is 2460. The van der Waals surface area contributed by atoms with E-state index in [0.29, 0.717) is 0 Å². The van der Waals surface area contributed by atoms with E-state index < -0.39 is 44.5 Å². The van der Waals surface area contributed by atoms with Gasteiger partial charge in [-0.15, -0.1) is 0 Å². The van der Waals surface area contributed by atoms with Crippen LogP contribution in [0.2, 0.25) is 0 Å². The molecule has 0 fully saturated rings. The van der Waals surface area contributed by atoms with Crippen LogP contribution < -0.4 is 44.5 Å². The molecule has 208 valence electrons. The fourth-order valence-electron chi connectivity index (χ4n) is 5.37. The van der Waals surface area contributed by atoms with E-state index in [2.05, 4.69) is 47.4 Å². The van der Waals surface area contributed by atoms with Crippen molar-refractivity contribution in [3.63, 3.8) is 0 Å². The van der Waals surface area contributed by atoms with E-state index in [1.165, 1.54) is 24.3 Å². The summed E-state index contributed by atoms with van der Waals surface area (Å²) >= 11 is 0.